The zero-order valence-corrected chi connectivity index (χ0v) is 12.7. The Bertz CT molecular complexity index is 733. The van der Waals surface area contributed by atoms with Gasteiger partial charge in [-0.05, 0) is 30.4 Å². The van der Waals surface area contributed by atoms with Gasteiger partial charge in [0.05, 0.1) is 29.3 Å². The number of sulfonamides is 1. The molecule has 0 N–H and O–H groups in total. The summed E-state index contributed by atoms with van der Waals surface area (Å²) in [5.41, 5.74) is 2.20. The van der Waals surface area contributed by atoms with Crippen LogP contribution in [0.25, 0.3) is 5.52 Å². The van der Waals surface area contributed by atoms with Crippen molar-refractivity contribution in [3.63, 3.8) is 0 Å². The van der Waals surface area contributed by atoms with Crippen LogP contribution >= 0.6 is 11.6 Å². The lowest BCUT2D eigenvalue weighted by molar-refractivity contribution is 0.322. The normalized spacial score (nSPS) is 18.7. The summed E-state index contributed by atoms with van der Waals surface area (Å²) in [5.74, 6) is 0.325. The van der Waals surface area contributed by atoms with Gasteiger partial charge < -0.3 is 4.40 Å². The number of nitrogens with zero attached hydrogens (tertiary/aromatic N) is 3. The third kappa shape index (κ3) is 2.55. The number of halogens is 1. The molecular formula is C13H16ClN3O2S. The Morgan fingerprint density at radius 1 is 1.35 bits per heavy atom. The second kappa shape index (κ2) is 5.02. The van der Waals surface area contributed by atoms with Crippen molar-refractivity contribution in [2.24, 2.45) is 0 Å². The second-order valence-electron chi connectivity index (χ2n) is 5.24. The predicted octanol–water partition coefficient (Wildman–Crippen LogP) is 2.13. The van der Waals surface area contributed by atoms with Gasteiger partial charge in [-0.15, -0.1) is 0 Å². The number of imidazole rings is 1. The quantitative estimate of drug-likeness (QED) is 0.853. The highest BCUT2D eigenvalue weighted by Gasteiger charge is 2.27. The van der Waals surface area contributed by atoms with Gasteiger partial charge in [0.2, 0.25) is 10.0 Å². The van der Waals surface area contributed by atoms with E-state index in [9.17, 15) is 8.42 Å². The molecule has 1 fully saturated rings. The maximum Gasteiger partial charge on any atom is 0.211 e. The Morgan fingerprint density at radius 3 is 2.70 bits per heavy atom. The van der Waals surface area contributed by atoms with Gasteiger partial charge in [0.25, 0.3) is 0 Å². The van der Waals surface area contributed by atoms with Crippen molar-refractivity contribution in [1.82, 2.24) is 13.7 Å². The topological polar surface area (TPSA) is 54.7 Å². The van der Waals surface area contributed by atoms with Crippen LogP contribution in [-0.4, -0.2) is 41.5 Å². The lowest BCUT2D eigenvalue weighted by Gasteiger charge is -2.30. The SMILES string of the molecule is CS(=O)(=O)N1CCC(c2cc(Cl)cn3cncc23)CC1. The molecule has 1 saturated heterocycles. The first-order valence-electron chi connectivity index (χ1n) is 6.51. The highest BCUT2D eigenvalue weighted by molar-refractivity contribution is 7.88. The van der Waals surface area contributed by atoms with E-state index in [1.54, 1.807) is 10.6 Å². The minimum Gasteiger partial charge on any atom is -0.305 e. The highest BCUT2D eigenvalue weighted by atomic mass is 35.5. The van der Waals surface area contributed by atoms with E-state index in [1.165, 1.54) is 6.26 Å². The van der Waals surface area contributed by atoms with E-state index in [1.807, 2.05) is 22.9 Å². The molecule has 1 aliphatic heterocycles. The fourth-order valence-corrected chi connectivity index (χ4v) is 3.95. The van der Waals surface area contributed by atoms with Crippen molar-refractivity contribution < 1.29 is 8.42 Å². The van der Waals surface area contributed by atoms with Gasteiger partial charge in [-0.2, -0.15) is 0 Å². The van der Waals surface area contributed by atoms with Crippen molar-refractivity contribution in [1.29, 1.82) is 0 Å². The van der Waals surface area contributed by atoms with Crippen molar-refractivity contribution in [3.8, 4) is 0 Å². The Hall–Kier alpha value is -1.11. The van der Waals surface area contributed by atoms with Gasteiger partial charge in [0, 0.05) is 19.3 Å². The molecule has 5 nitrogen and oxygen atoms in total. The number of pyridine rings is 1. The van der Waals surface area contributed by atoms with Crippen LogP contribution in [0, 0.1) is 0 Å². The van der Waals surface area contributed by atoms with Crippen LogP contribution in [-0.2, 0) is 10.0 Å². The van der Waals surface area contributed by atoms with E-state index in [0.29, 0.717) is 24.0 Å². The molecule has 0 radical (unpaired) electrons. The van der Waals surface area contributed by atoms with Gasteiger partial charge in [-0.3, -0.25) is 0 Å². The molecule has 0 atom stereocenters. The lowest BCUT2D eigenvalue weighted by atomic mass is 9.90. The van der Waals surface area contributed by atoms with Crippen molar-refractivity contribution in [3.05, 3.63) is 35.4 Å². The third-order valence-corrected chi connectivity index (χ3v) is 5.39. The first-order chi connectivity index (χ1) is 9.45. The van der Waals surface area contributed by atoms with Gasteiger partial charge >= 0.3 is 0 Å². The van der Waals surface area contributed by atoms with E-state index in [0.717, 1.165) is 23.9 Å². The van der Waals surface area contributed by atoms with Gasteiger partial charge in [0.15, 0.2) is 0 Å². The maximum absolute atomic E-state index is 11.5. The summed E-state index contributed by atoms with van der Waals surface area (Å²) in [7, 11) is -3.08. The summed E-state index contributed by atoms with van der Waals surface area (Å²) in [6, 6.07) is 1.97. The molecule has 2 aromatic heterocycles. The summed E-state index contributed by atoms with van der Waals surface area (Å²) < 4.78 is 26.6. The molecule has 0 aliphatic carbocycles. The fraction of sp³-hybridized carbons (Fsp3) is 0.462. The van der Waals surface area contributed by atoms with E-state index in [2.05, 4.69) is 4.98 Å². The fourth-order valence-electron chi connectivity index (χ4n) is 2.85. The zero-order valence-electron chi connectivity index (χ0n) is 11.2. The number of hydrogen-bond donors (Lipinski definition) is 0. The number of piperidine rings is 1. The molecule has 2 aromatic rings. The minimum atomic E-state index is -3.08. The van der Waals surface area contributed by atoms with E-state index in [4.69, 9.17) is 11.6 Å². The second-order valence-corrected chi connectivity index (χ2v) is 7.66. The van der Waals surface area contributed by atoms with Crippen LogP contribution in [0.4, 0.5) is 0 Å². The molecule has 0 amide bonds. The molecule has 3 rings (SSSR count). The molecule has 108 valence electrons. The van der Waals surface area contributed by atoms with Crippen molar-refractivity contribution >= 4 is 27.1 Å². The van der Waals surface area contributed by atoms with Gasteiger partial charge in [-0.1, -0.05) is 11.6 Å². The number of rotatable bonds is 2. The monoisotopic (exact) mass is 313 g/mol. The summed E-state index contributed by atoms with van der Waals surface area (Å²) in [6.07, 6.45) is 8.29. The molecule has 20 heavy (non-hydrogen) atoms. The molecular weight excluding hydrogens is 298 g/mol. The molecule has 0 aromatic carbocycles. The molecule has 0 spiro atoms. The Morgan fingerprint density at radius 2 is 2.05 bits per heavy atom. The van der Waals surface area contributed by atoms with E-state index in [-0.39, 0.29) is 0 Å². The van der Waals surface area contributed by atoms with Crippen LogP contribution in [0.15, 0.2) is 24.8 Å². The van der Waals surface area contributed by atoms with E-state index < -0.39 is 10.0 Å². The van der Waals surface area contributed by atoms with Crippen molar-refractivity contribution in [2.75, 3.05) is 19.3 Å². The summed E-state index contributed by atoms with van der Waals surface area (Å²) in [4.78, 5) is 4.15. The van der Waals surface area contributed by atoms with Gasteiger partial charge in [-0.25, -0.2) is 17.7 Å². The van der Waals surface area contributed by atoms with Crippen LogP contribution in [0.3, 0.4) is 0 Å². The third-order valence-electron chi connectivity index (χ3n) is 3.88. The molecule has 3 heterocycles. The Balaban J connectivity index is 1.89. The smallest absolute Gasteiger partial charge is 0.211 e. The van der Waals surface area contributed by atoms with Crippen molar-refractivity contribution in [2.45, 2.75) is 18.8 Å². The molecule has 1 aliphatic rings. The lowest BCUT2D eigenvalue weighted by Crippen LogP contribution is -2.37. The highest BCUT2D eigenvalue weighted by Crippen LogP contribution is 2.33. The summed E-state index contributed by atoms with van der Waals surface area (Å²) in [5, 5.41) is 0.677. The van der Waals surface area contributed by atoms with Crippen LogP contribution in [0.1, 0.15) is 24.3 Å². The standard InChI is InChI=1S/C13H16ClN3O2S/c1-20(18,19)17-4-2-10(3-5-17)12-6-11(14)8-16-9-15-7-13(12)16/h6-10H,2-5H2,1H3. The first-order valence-corrected chi connectivity index (χ1v) is 8.74. The average molecular weight is 314 g/mol. The van der Waals surface area contributed by atoms with Crippen LogP contribution in [0.5, 0.6) is 0 Å². The zero-order chi connectivity index (χ0) is 14.3. The largest absolute Gasteiger partial charge is 0.305 e. The molecule has 0 unspecified atom stereocenters. The summed E-state index contributed by atoms with van der Waals surface area (Å²) >= 11 is 6.15. The maximum atomic E-state index is 11.5. The number of aromatic nitrogens is 2. The van der Waals surface area contributed by atoms with E-state index >= 15 is 0 Å². The molecule has 0 saturated carbocycles. The molecule has 7 heteroatoms. The molecule has 0 bridgehead atoms. The number of fused-ring (bicyclic) bond motifs is 1. The number of hydrogen-bond acceptors (Lipinski definition) is 3. The van der Waals surface area contributed by atoms with Crippen LogP contribution < -0.4 is 0 Å². The summed E-state index contributed by atoms with van der Waals surface area (Å²) in [6.45, 7) is 1.13. The first kappa shape index (κ1) is 13.9. The minimum absolute atomic E-state index is 0.325. The Labute approximate surface area is 123 Å². The van der Waals surface area contributed by atoms with Crippen LogP contribution in [0.2, 0.25) is 5.02 Å². The van der Waals surface area contributed by atoms with Gasteiger partial charge in [0.1, 0.15) is 0 Å². The predicted molar refractivity (Wildman–Crippen MR) is 78.6 cm³/mol. The Kier molecular flexibility index (Phi) is 3.48. The average Bonchev–Trinajstić information content (AvgIpc) is 2.85.